The van der Waals surface area contributed by atoms with E-state index in [-0.39, 0.29) is 37.3 Å². The number of nitrogens with zero attached hydrogens (tertiary/aromatic N) is 1. The summed E-state index contributed by atoms with van der Waals surface area (Å²) in [6.45, 7) is 9.47. The molecule has 0 bridgehead atoms. The fourth-order valence-electron chi connectivity index (χ4n) is 7.77. The number of epoxide rings is 1. The quantitative estimate of drug-likeness (QED) is 0.169. The van der Waals surface area contributed by atoms with Crippen LogP contribution in [0.25, 0.3) is 0 Å². The van der Waals surface area contributed by atoms with Gasteiger partial charge in [-0.1, -0.05) is 6.92 Å². The first-order valence-electron chi connectivity index (χ1n) is 18.4. The summed E-state index contributed by atoms with van der Waals surface area (Å²) in [6, 6.07) is -0.768. The summed E-state index contributed by atoms with van der Waals surface area (Å²) in [5.41, 5.74) is -1.49. The van der Waals surface area contributed by atoms with Crippen LogP contribution in [0.15, 0.2) is 12.2 Å². The Morgan fingerprint density at radius 3 is 2.32 bits per heavy atom. The number of likely N-dealkylation sites (N-methyl/N-ethyl adjacent to an activating group) is 1. The second-order valence-corrected chi connectivity index (χ2v) is 15.4. The fraction of sp³-hybridized carbons (Fsp3) is 0.838. The molecule has 16 nitrogen and oxygen atoms in total. The first kappa shape index (κ1) is 43.3. The lowest BCUT2D eigenvalue weighted by Crippen LogP contribution is -2.65. The van der Waals surface area contributed by atoms with Crippen LogP contribution in [0.3, 0.4) is 0 Å². The maximum atomic E-state index is 13.3. The van der Waals surface area contributed by atoms with Crippen molar-refractivity contribution in [3.8, 4) is 0 Å². The first-order valence-corrected chi connectivity index (χ1v) is 18.4. The first-order chi connectivity index (χ1) is 24.9. The summed E-state index contributed by atoms with van der Waals surface area (Å²) in [5.74, 6) is -2.92. The molecule has 0 amide bonds. The predicted octanol–water partition coefficient (Wildman–Crippen LogP) is 0.836. The zero-order valence-electron chi connectivity index (χ0n) is 32.2. The number of carbonyl (C=O) groups excluding carboxylic acids is 4. The molecule has 4 heterocycles. The Hall–Kier alpha value is -2.38. The minimum Gasteiger partial charge on any atom is -0.462 e. The van der Waals surface area contributed by atoms with Crippen LogP contribution in [0, 0.1) is 11.8 Å². The highest BCUT2D eigenvalue weighted by Gasteiger charge is 2.52. The number of cyclic esters (lactones) is 1. The highest BCUT2D eigenvalue weighted by molar-refractivity contribution is 5.91. The smallest absolute Gasteiger partial charge is 0.309 e. The Bertz CT molecular complexity index is 1290. The summed E-state index contributed by atoms with van der Waals surface area (Å²) >= 11 is 0. The van der Waals surface area contributed by atoms with Crippen molar-refractivity contribution in [3.63, 3.8) is 0 Å². The lowest BCUT2D eigenvalue weighted by atomic mass is 9.83. The average Bonchev–Trinajstić information content (AvgIpc) is 3.80. The number of hydrogen-bond acceptors (Lipinski definition) is 16. The lowest BCUT2D eigenvalue weighted by Gasteiger charge is -2.50. The molecule has 16 heteroatoms. The maximum Gasteiger partial charge on any atom is 0.309 e. The van der Waals surface area contributed by atoms with Crippen LogP contribution in [0.2, 0.25) is 0 Å². The number of ether oxygens (including phenoxy) is 8. The van der Waals surface area contributed by atoms with Gasteiger partial charge in [-0.15, -0.1) is 0 Å². The summed E-state index contributed by atoms with van der Waals surface area (Å²) in [7, 11) is 4.82. The minimum absolute atomic E-state index is 0.0397. The molecule has 302 valence electrons. The molecule has 0 aliphatic carbocycles. The number of ketones is 1. The number of allylic oxidation sites excluding steroid dienone is 1. The third kappa shape index (κ3) is 11.1. The second kappa shape index (κ2) is 18.5. The van der Waals surface area contributed by atoms with Crippen LogP contribution >= 0.6 is 0 Å². The van der Waals surface area contributed by atoms with E-state index in [1.165, 1.54) is 27.0 Å². The number of hydrogen-bond donors (Lipinski definition) is 3. The molecule has 0 radical (unpaired) electrons. The Labute approximate surface area is 311 Å². The van der Waals surface area contributed by atoms with Crippen molar-refractivity contribution < 1.29 is 72.4 Å². The molecule has 53 heavy (non-hydrogen) atoms. The minimum atomic E-state index is -1.49. The van der Waals surface area contributed by atoms with Crippen molar-refractivity contribution in [2.45, 2.75) is 165 Å². The zero-order chi connectivity index (χ0) is 39.4. The van der Waals surface area contributed by atoms with Gasteiger partial charge in [-0.2, -0.15) is 0 Å². The van der Waals surface area contributed by atoms with Crippen molar-refractivity contribution in [1.82, 2.24) is 4.90 Å². The van der Waals surface area contributed by atoms with E-state index in [9.17, 15) is 34.5 Å². The standard InChI is InChI=1S/C37H59NO15/c1-18-14-23(12-13-39)33(34(46-9)27(50-22(5)40)16-28(42)47-19(2)15-26-25(51-26)11-10-24(18)41)53-36-31(43)30(38(7)8)32(20(3)49-36)52-29-17-37(6,45)35(44)21(4)48-29/h10-11,13,18-21,23,25-27,29-36,43-45H,12,14-17H2,1-9H3/b11-10+/t18-,19-,20?,21?,23+,25?,26?,27?,29+,30?,31?,32-,33+,34+,35+,36+,37?/m1/s1. The Morgan fingerprint density at radius 1 is 1.02 bits per heavy atom. The number of aliphatic hydroxyl groups is 3. The molecule has 4 rings (SSSR count). The largest absolute Gasteiger partial charge is 0.462 e. The number of fused-ring (bicyclic) bond motifs is 1. The number of aliphatic hydroxyl groups excluding tert-OH is 2. The number of rotatable bonds is 9. The topological polar surface area (TPSA) is 209 Å². The summed E-state index contributed by atoms with van der Waals surface area (Å²) in [6.07, 6.45) is -8.05. The van der Waals surface area contributed by atoms with Crippen LogP contribution in [-0.4, -0.2) is 157 Å². The lowest BCUT2D eigenvalue weighted by molar-refractivity contribution is -0.344. The van der Waals surface area contributed by atoms with Gasteiger partial charge in [0.15, 0.2) is 18.4 Å². The van der Waals surface area contributed by atoms with Gasteiger partial charge in [-0.3, -0.25) is 14.4 Å². The Morgan fingerprint density at radius 2 is 1.72 bits per heavy atom. The summed E-state index contributed by atoms with van der Waals surface area (Å²) < 4.78 is 47.9. The van der Waals surface area contributed by atoms with Gasteiger partial charge in [0.2, 0.25) is 0 Å². The van der Waals surface area contributed by atoms with E-state index in [1.54, 1.807) is 52.8 Å². The molecule has 0 aromatic rings. The third-order valence-corrected chi connectivity index (χ3v) is 10.6. The van der Waals surface area contributed by atoms with Gasteiger partial charge in [0.25, 0.3) is 0 Å². The molecule has 3 N–H and O–H groups in total. The van der Waals surface area contributed by atoms with Gasteiger partial charge in [-0.25, -0.2) is 0 Å². The molecular formula is C37H59NO15. The highest BCUT2D eigenvalue weighted by Crippen LogP contribution is 2.37. The molecule has 8 unspecified atom stereocenters. The molecule has 0 aromatic heterocycles. The van der Waals surface area contributed by atoms with Gasteiger partial charge in [0, 0.05) is 39.2 Å². The zero-order valence-corrected chi connectivity index (χ0v) is 32.2. The van der Waals surface area contributed by atoms with E-state index >= 15 is 0 Å². The van der Waals surface area contributed by atoms with Gasteiger partial charge < -0.3 is 62.9 Å². The summed E-state index contributed by atoms with van der Waals surface area (Å²) in [4.78, 5) is 52.9. The Balaban J connectivity index is 1.68. The van der Waals surface area contributed by atoms with Gasteiger partial charge in [0.05, 0.1) is 42.5 Å². The maximum absolute atomic E-state index is 13.3. The molecule has 4 aliphatic heterocycles. The molecule has 0 saturated carbocycles. The number of esters is 2. The van der Waals surface area contributed by atoms with Gasteiger partial charge in [0.1, 0.15) is 49.0 Å². The van der Waals surface area contributed by atoms with Crippen molar-refractivity contribution >= 4 is 24.0 Å². The normalized spacial score (nSPS) is 45.2. The number of methoxy groups -OCH3 is 1. The summed E-state index contributed by atoms with van der Waals surface area (Å²) in [5, 5.41) is 33.1. The van der Waals surface area contributed by atoms with E-state index in [2.05, 4.69) is 0 Å². The van der Waals surface area contributed by atoms with Gasteiger partial charge in [-0.05, 0) is 66.3 Å². The van der Waals surface area contributed by atoms with E-state index in [0.717, 1.165) is 0 Å². The van der Waals surface area contributed by atoms with E-state index in [1.807, 2.05) is 0 Å². The molecule has 3 saturated heterocycles. The van der Waals surface area contributed by atoms with E-state index < -0.39 is 109 Å². The second-order valence-electron chi connectivity index (χ2n) is 15.4. The van der Waals surface area contributed by atoms with Crippen molar-refractivity contribution in [2.75, 3.05) is 21.2 Å². The number of aldehydes is 1. The van der Waals surface area contributed by atoms with E-state index in [4.69, 9.17) is 37.9 Å². The third-order valence-electron chi connectivity index (χ3n) is 10.6. The molecule has 3 fully saturated rings. The van der Waals surface area contributed by atoms with Crippen LogP contribution < -0.4 is 0 Å². The van der Waals surface area contributed by atoms with Crippen molar-refractivity contribution in [2.24, 2.45) is 11.8 Å². The Kier molecular flexibility index (Phi) is 15.1. The van der Waals surface area contributed by atoms with Crippen LogP contribution in [0.4, 0.5) is 0 Å². The average molecular weight is 758 g/mol. The fourth-order valence-corrected chi connectivity index (χ4v) is 7.77. The SMILES string of the molecule is CO[C@H]1C(OC(C)=O)CC(=O)O[C@H](C)CC2OC2/C=C/C(=O)[C@H](C)C[C@H](CC=O)[C@@H]1O[C@@H]1OC(C)[C@@H](O[C@H]2CC(C)(O)[C@@H](O)C(C)O2)C(N(C)C)C1O. The van der Waals surface area contributed by atoms with Gasteiger partial charge >= 0.3 is 11.9 Å². The predicted molar refractivity (Wildman–Crippen MR) is 185 cm³/mol. The molecule has 4 aliphatic rings. The molecular weight excluding hydrogens is 698 g/mol. The molecule has 0 spiro atoms. The van der Waals surface area contributed by atoms with Crippen LogP contribution in [0.5, 0.6) is 0 Å². The highest BCUT2D eigenvalue weighted by atomic mass is 16.7. The van der Waals surface area contributed by atoms with E-state index in [0.29, 0.717) is 12.7 Å². The van der Waals surface area contributed by atoms with Crippen molar-refractivity contribution in [3.05, 3.63) is 12.2 Å². The molecule has 17 atom stereocenters. The molecule has 0 aromatic carbocycles. The van der Waals surface area contributed by atoms with Crippen LogP contribution in [-0.2, 0) is 57.1 Å². The van der Waals surface area contributed by atoms with Crippen molar-refractivity contribution in [1.29, 1.82) is 0 Å². The monoisotopic (exact) mass is 757 g/mol. The number of carbonyl (C=O) groups is 4. The van der Waals surface area contributed by atoms with Crippen LogP contribution in [0.1, 0.15) is 73.6 Å².